The molecule has 1 aliphatic heterocycles. The molecule has 0 bridgehead atoms. The summed E-state index contributed by atoms with van der Waals surface area (Å²) < 4.78 is 0. The molecule has 112 valence electrons. The predicted molar refractivity (Wildman–Crippen MR) is 86.5 cm³/mol. The van der Waals surface area contributed by atoms with Gasteiger partial charge in [0.05, 0.1) is 10.7 Å². The van der Waals surface area contributed by atoms with E-state index in [9.17, 15) is 0 Å². The third kappa shape index (κ3) is 4.10. The molecule has 1 aromatic rings. The summed E-state index contributed by atoms with van der Waals surface area (Å²) in [6.07, 6.45) is 3.83. The predicted octanol–water partition coefficient (Wildman–Crippen LogP) is 4.00. The molecule has 1 saturated heterocycles. The average Bonchev–Trinajstić information content (AvgIpc) is 2.38. The molecule has 3 nitrogen and oxygen atoms in total. The van der Waals surface area contributed by atoms with Gasteiger partial charge in [0.15, 0.2) is 0 Å². The van der Waals surface area contributed by atoms with E-state index in [-0.39, 0.29) is 5.54 Å². The van der Waals surface area contributed by atoms with Crippen LogP contribution in [0, 0.1) is 0 Å². The topological polar surface area (TPSA) is 28.2 Å². The lowest BCUT2D eigenvalue weighted by Gasteiger charge is -2.34. The Labute approximate surface area is 127 Å². The van der Waals surface area contributed by atoms with Gasteiger partial charge in [0, 0.05) is 24.7 Å². The number of halogens is 1. The number of rotatable bonds is 3. The first-order chi connectivity index (χ1) is 9.37. The summed E-state index contributed by atoms with van der Waals surface area (Å²) in [5.41, 5.74) is 1.01. The van der Waals surface area contributed by atoms with Crippen molar-refractivity contribution < 1.29 is 0 Å². The van der Waals surface area contributed by atoms with Crippen molar-refractivity contribution in [2.45, 2.75) is 65.1 Å². The summed E-state index contributed by atoms with van der Waals surface area (Å²) in [6, 6.07) is 4.59. The molecule has 1 fully saturated rings. The van der Waals surface area contributed by atoms with Gasteiger partial charge in [-0.25, -0.2) is 4.98 Å². The number of anilines is 1. The van der Waals surface area contributed by atoms with Crippen LogP contribution in [0.2, 0.25) is 5.02 Å². The maximum atomic E-state index is 6.28. The number of nitrogens with one attached hydrogen (secondary N) is 1. The van der Waals surface area contributed by atoms with Gasteiger partial charge in [-0.1, -0.05) is 11.6 Å². The molecular formula is C16H26ClN3. The fourth-order valence-electron chi connectivity index (χ4n) is 2.54. The lowest BCUT2D eigenvalue weighted by molar-refractivity contribution is 0.421. The molecular weight excluding hydrogens is 270 g/mol. The molecule has 0 radical (unpaired) electrons. The van der Waals surface area contributed by atoms with E-state index in [1.54, 1.807) is 0 Å². The fourth-order valence-corrected chi connectivity index (χ4v) is 2.72. The summed E-state index contributed by atoms with van der Waals surface area (Å²) >= 11 is 6.28. The summed E-state index contributed by atoms with van der Waals surface area (Å²) in [5, 5.41) is 4.20. The fraction of sp³-hybridized carbons (Fsp3) is 0.688. The van der Waals surface area contributed by atoms with Crippen LogP contribution in [0.4, 0.5) is 5.82 Å². The highest BCUT2D eigenvalue weighted by molar-refractivity contribution is 6.31. The molecule has 1 N–H and O–H groups in total. The highest BCUT2D eigenvalue weighted by Crippen LogP contribution is 2.25. The third-order valence-corrected chi connectivity index (χ3v) is 4.13. The van der Waals surface area contributed by atoms with Gasteiger partial charge in [-0.15, -0.1) is 0 Å². The Balaban J connectivity index is 2.15. The number of nitrogens with zero attached hydrogens (tertiary/aromatic N) is 2. The van der Waals surface area contributed by atoms with Crippen LogP contribution in [-0.2, 0) is 6.54 Å². The van der Waals surface area contributed by atoms with Crippen molar-refractivity contribution in [2.24, 2.45) is 0 Å². The molecule has 0 spiro atoms. The normalized spacial score (nSPS) is 20.2. The first-order valence-electron chi connectivity index (χ1n) is 7.54. The van der Waals surface area contributed by atoms with Crippen molar-refractivity contribution in [3.8, 4) is 0 Å². The lowest BCUT2D eigenvalue weighted by Crippen LogP contribution is -2.38. The first kappa shape index (κ1) is 15.6. The third-order valence-electron chi connectivity index (χ3n) is 3.79. The summed E-state index contributed by atoms with van der Waals surface area (Å²) in [7, 11) is 0. The maximum Gasteiger partial charge on any atom is 0.129 e. The summed E-state index contributed by atoms with van der Waals surface area (Å²) in [4.78, 5) is 7.18. The molecule has 1 aliphatic rings. The Bertz CT molecular complexity index is 454. The lowest BCUT2D eigenvalue weighted by atomic mass is 10.0. The van der Waals surface area contributed by atoms with Crippen LogP contribution in [0.3, 0.4) is 0 Å². The van der Waals surface area contributed by atoms with Gasteiger partial charge in [0.2, 0.25) is 0 Å². The van der Waals surface area contributed by atoms with E-state index in [4.69, 9.17) is 16.6 Å². The van der Waals surface area contributed by atoms with Crippen molar-refractivity contribution in [3.63, 3.8) is 0 Å². The SMILES string of the molecule is CC1CCCCN1c1ccc(Cl)c(CNC(C)(C)C)n1. The van der Waals surface area contributed by atoms with Gasteiger partial charge in [-0.2, -0.15) is 0 Å². The van der Waals surface area contributed by atoms with Crippen molar-refractivity contribution in [1.29, 1.82) is 0 Å². The molecule has 0 amide bonds. The molecule has 0 saturated carbocycles. The van der Waals surface area contributed by atoms with E-state index in [1.807, 2.05) is 12.1 Å². The van der Waals surface area contributed by atoms with Crippen LogP contribution in [0.1, 0.15) is 52.7 Å². The summed E-state index contributed by atoms with van der Waals surface area (Å²) in [6.45, 7) is 10.5. The zero-order valence-corrected chi connectivity index (χ0v) is 13.8. The molecule has 1 unspecified atom stereocenters. The highest BCUT2D eigenvalue weighted by atomic mass is 35.5. The Kier molecular flexibility index (Phi) is 4.92. The Morgan fingerprint density at radius 3 is 2.75 bits per heavy atom. The second-order valence-electron chi connectivity index (χ2n) is 6.74. The molecule has 1 atom stereocenters. The number of hydrogen-bond acceptors (Lipinski definition) is 3. The standard InChI is InChI=1S/C16H26ClN3/c1-12-7-5-6-10-20(12)15-9-8-13(17)14(19-15)11-18-16(2,3)4/h8-9,12,18H,5-7,10-11H2,1-4H3. The van der Waals surface area contributed by atoms with Crippen molar-refractivity contribution in [3.05, 3.63) is 22.8 Å². The van der Waals surface area contributed by atoms with Crippen LogP contribution >= 0.6 is 11.6 Å². The minimum absolute atomic E-state index is 0.0689. The zero-order valence-electron chi connectivity index (χ0n) is 13.0. The molecule has 0 aliphatic carbocycles. The van der Waals surface area contributed by atoms with E-state index in [0.717, 1.165) is 23.1 Å². The van der Waals surface area contributed by atoms with Crippen molar-refractivity contribution in [2.75, 3.05) is 11.4 Å². The van der Waals surface area contributed by atoms with E-state index in [1.165, 1.54) is 19.3 Å². The second-order valence-corrected chi connectivity index (χ2v) is 7.15. The quantitative estimate of drug-likeness (QED) is 0.913. The number of pyridine rings is 1. The van der Waals surface area contributed by atoms with E-state index >= 15 is 0 Å². The molecule has 1 aromatic heterocycles. The monoisotopic (exact) mass is 295 g/mol. The first-order valence-corrected chi connectivity index (χ1v) is 7.92. The molecule has 2 heterocycles. The van der Waals surface area contributed by atoms with Crippen LogP contribution in [0.15, 0.2) is 12.1 Å². The van der Waals surface area contributed by atoms with Gasteiger partial charge < -0.3 is 10.2 Å². The van der Waals surface area contributed by atoms with Crippen molar-refractivity contribution in [1.82, 2.24) is 10.3 Å². The van der Waals surface area contributed by atoms with Gasteiger partial charge in [-0.3, -0.25) is 0 Å². The minimum atomic E-state index is 0.0689. The Morgan fingerprint density at radius 1 is 1.35 bits per heavy atom. The van der Waals surface area contributed by atoms with E-state index in [2.05, 4.69) is 37.9 Å². The van der Waals surface area contributed by atoms with Crippen LogP contribution < -0.4 is 10.2 Å². The average molecular weight is 296 g/mol. The molecule has 0 aromatic carbocycles. The summed E-state index contributed by atoms with van der Waals surface area (Å²) in [5.74, 6) is 1.06. The van der Waals surface area contributed by atoms with E-state index in [0.29, 0.717) is 12.6 Å². The maximum absolute atomic E-state index is 6.28. The second kappa shape index (κ2) is 6.31. The number of hydrogen-bond donors (Lipinski definition) is 1. The number of aromatic nitrogens is 1. The minimum Gasteiger partial charge on any atom is -0.354 e. The van der Waals surface area contributed by atoms with Gasteiger partial charge in [-0.05, 0) is 59.1 Å². The van der Waals surface area contributed by atoms with Gasteiger partial charge in [0.25, 0.3) is 0 Å². The molecule has 2 rings (SSSR count). The Hall–Kier alpha value is -0.800. The van der Waals surface area contributed by atoms with Crippen LogP contribution in [0.25, 0.3) is 0 Å². The van der Waals surface area contributed by atoms with Crippen molar-refractivity contribution >= 4 is 17.4 Å². The number of piperidine rings is 1. The Morgan fingerprint density at radius 2 is 2.10 bits per heavy atom. The highest BCUT2D eigenvalue weighted by Gasteiger charge is 2.20. The molecule has 4 heteroatoms. The van der Waals surface area contributed by atoms with Gasteiger partial charge in [0.1, 0.15) is 5.82 Å². The van der Waals surface area contributed by atoms with Crippen LogP contribution in [0.5, 0.6) is 0 Å². The largest absolute Gasteiger partial charge is 0.354 e. The van der Waals surface area contributed by atoms with Crippen LogP contribution in [-0.4, -0.2) is 23.1 Å². The van der Waals surface area contributed by atoms with Gasteiger partial charge >= 0.3 is 0 Å². The zero-order chi connectivity index (χ0) is 14.8. The smallest absolute Gasteiger partial charge is 0.129 e. The molecule has 20 heavy (non-hydrogen) atoms. The van der Waals surface area contributed by atoms with E-state index < -0.39 is 0 Å².